The van der Waals surface area contributed by atoms with Crippen molar-refractivity contribution in [1.29, 1.82) is 0 Å². The highest BCUT2D eigenvalue weighted by Crippen LogP contribution is 2.30. The first kappa shape index (κ1) is 21.6. The lowest BCUT2D eigenvalue weighted by Gasteiger charge is -2.23. The van der Waals surface area contributed by atoms with Crippen LogP contribution >= 0.6 is 0 Å². The van der Waals surface area contributed by atoms with E-state index in [4.69, 9.17) is 0 Å². The monoisotopic (exact) mass is 417 g/mol. The number of rotatable bonds is 7. The molecule has 3 heterocycles. The zero-order chi connectivity index (χ0) is 22.1. The fraction of sp³-hybridized carbons (Fsp3) is 0.381. The number of aromatic nitrogens is 3. The minimum absolute atomic E-state index is 0.0101. The number of nitrogens with zero attached hydrogens (tertiary/aromatic N) is 3. The fourth-order valence-electron chi connectivity index (χ4n) is 2.95. The Kier molecular flexibility index (Phi) is 6.02. The van der Waals surface area contributed by atoms with Crippen LogP contribution in [0.3, 0.4) is 0 Å². The second-order valence-corrected chi connectivity index (χ2v) is 7.98. The average Bonchev–Trinajstić information content (AvgIpc) is 3.09. The van der Waals surface area contributed by atoms with E-state index >= 15 is 0 Å². The van der Waals surface area contributed by atoms with Crippen LogP contribution in [0.25, 0.3) is 16.6 Å². The van der Waals surface area contributed by atoms with Crippen LogP contribution in [0.1, 0.15) is 38.1 Å². The first-order valence-electron chi connectivity index (χ1n) is 9.60. The third kappa shape index (κ3) is 4.56. The number of hydrogen-bond donors (Lipinski definition) is 3. The minimum Gasteiger partial charge on any atom is -0.387 e. The van der Waals surface area contributed by atoms with E-state index in [1.165, 1.54) is 26.2 Å². The normalized spacial score (nSPS) is 12.9. The van der Waals surface area contributed by atoms with E-state index in [1.807, 2.05) is 13.8 Å². The molecule has 0 aliphatic carbocycles. The van der Waals surface area contributed by atoms with Gasteiger partial charge in [0.1, 0.15) is 12.0 Å². The smallest absolute Gasteiger partial charge is 0.255 e. The van der Waals surface area contributed by atoms with Gasteiger partial charge in [-0.3, -0.25) is 9.78 Å². The summed E-state index contributed by atoms with van der Waals surface area (Å²) in [5.74, 6) is -0.997. The first-order chi connectivity index (χ1) is 14.1. The summed E-state index contributed by atoms with van der Waals surface area (Å²) in [5, 5.41) is 19.7. The van der Waals surface area contributed by atoms with E-state index < -0.39 is 23.5 Å². The Bertz CT molecular complexity index is 1060. The number of nitrogens with one attached hydrogen (secondary N) is 2. The van der Waals surface area contributed by atoms with E-state index in [-0.39, 0.29) is 18.2 Å². The molecule has 30 heavy (non-hydrogen) atoms. The summed E-state index contributed by atoms with van der Waals surface area (Å²) in [4.78, 5) is 16.5. The van der Waals surface area contributed by atoms with Crippen LogP contribution in [0.2, 0.25) is 0 Å². The van der Waals surface area contributed by atoms with Gasteiger partial charge in [-0.05, 0) is 39.8 Å². The maximum absolute atomic E-state index is 14.2. The molecule has 0 aliphatic heterocycles. The van der Waals surface area contributed by atoms with E-state index in [0.29, 0.717) is 22.3 Å². The number of carbonyl (C=O) groups excluding carboxylic acids is 1. The molecule has 0 fully saturated rings. The van der Waals surface area contributed by atoms with Crippen LogP contribution in [0.4, 0.5) is 14.5 Å². The van der Waals surface area contributed by atoms with Gasteiger partial charge in [-0.15, -0.1) is 0 Å². The molecule has 3 N–H and O–H groups in total. The second-order valence-electron chi connectivity index (χ2n) is 7.98. The van der Waals surface area contributed by atoms with Crippen LogP contribution in [0.15, 0.2) is 36.9 Å². The maximum Gasteiger partial charge on any atom is 0.255 e. The summed E-state index contributed by atoms with van der Waals surface area (Å²) in [6.07, 6.45) is 4.03. The Balaban J connectivity index is 2.00. The molecule has 0 saturated carbocycles. The van der Waals surface area contributed by atoms with Crippen LogP contribution in [-0.4, -0.2) is 50.0 Å². The molecule has 0 bridgehead atoms. The fourth-order valence-corrected chi connectivity index (χ4v) is 2.95. The van der Waals surface area contributed by atoms with Crippen molar-refractivity contribution in [2.24, 2.45) is 0 Å². The standard InChI is InChI=1S/C21H25F2N5O2/c1-12(2)27-19-15(20(29)25-10-18(23)21(3,4)30)8-26-28-11-13(7-17(19)28)14-5-6-24-9-16(14)22/h5-9,11-12,18,27,30H,10H2,1-4H3,(H,25,29). The second kappa shape index (κ2) is 8.35. The van der Waals surface area contributed by atoms with Crippen molar-refractivity contribution in [2.45, 2.75) is 45.5 Å². The van der Waals surface area contributed by atoms with Gasteiger partial charge in [-0.2, -0.15) is 5.10 Å². The number of anilines is 1. The number of pyridine rings is 1. The Morgan fingerprint density at radius 1 is 1.33 bits per heavy atom. The topological polar surface area (TPSA) is 91.5 Å². The van der Waals surface area contributed by atoms with Crippen LogP contribution in [-0.2, 0) is 0 Å². The molecule has 1 atom stereocenters. The number of hydrogen-bond acceptors (Lipinski definition) is 5. The molecule has 3 rings (SSSR count). The van der Waals surface area contributed by atoms with Gasteiger partial charge in [0, 0.05) is 29.6 Å². The van der Waals surface area contributed by atoms with Crippen molar-refractivity contribution in [3.63, 3.8) is 0 Å². The summed E-state index contributed by atoms with van der Waals surface area (Å²) in [6.45, 7) is 6.16. The Morgan fingerprint density at radius 2 is 2.07 bits per heavy atom. The first-order valence-corrected chi connectivity index (χ1v) is 9.60. The lowest BCUT2D eigenvalue weighted by Crippen LogP contribution is -2.42. The third-order valence-corrected chi connectivity index (χ3v) is 4.61. The summed E-state index contributed by atoms with van der Waals surface area (Å²) in [7, 11) is 0. The van der Waals surface area contributed by atoms with Gasteiger partial charge in [-0.25, -0.2) is 13.3 Å². The van der Waals surface area contributed by atoms with Crippen LogP contribution in [0, 0.1) is 5.82 Å². The lowest BCUT2D eigenvalue weighted by molar-refractivity contribution is -0.00177. The number of amides is 1. The predicted octanol–water partition coefficient (Wildman–Crippen LogP) is 3.19. The summed E-state index contributed by atoms with van der Waals surface area (Å²) < 4.78 is 29.8. The van der Waals surface area contributed by atoms with Crippen molar-refractivity contribution in [1.82, 2.24) is 19.9 Å². The van der Waals surface area contributed by atoms with E-state index in [1.54, 1.807) is 22.8 Å². The molecule has 160 valence electrons. The van der Waals surface area contributed by atoms with E-state index in [2.05, 4.69) is 20.7 Å². The molecule has 7 nitrogen and oxygen atoms in total. The largest absolute Gasteiger partial charge is 0.387 e. The van der Waals surface area contributed by atoms with Crippen molar-refractivity contribution in [3.8, 4) is 11.1 Å². The average molecular weight is 417 g/mol. The molecular weight excluding hydrogens is 392 g/mol. The highest BCUT2D eigenvalue weighted by Gasteiger charge is 2.27. The molecule has 3 aromatic heterocycles. The van der Waals surface area contributed by atoms with Gasteiger partial charge in [-0.1, -0.05) is 0 Å². The molecule has 0 aromatic carbocycles. The van der Waals surface area contributed by atoms with Gasteiger partial charge in [0.05, 0.1) is 41.3 Å². The predicted molar refractivity (Wildman–Crippen MR) is 111 cm³/mol. The van der Waals surface area contributed by atoms with Gasteiger partial charge in [0.25, 0.3) is 5.91 Å². The lowest BCUT2D eigenvalue weighted by atomic mass is 10.0. The van der Waals surface area contributed by atoms with Crippen molar-refractivity contribution >= 4 is 17.1 Å². The SMILES string of the molecule is CC(C)Nc1c(C(=O)NCC(F)C(C)(C)O)cnn2cc(-c3ccncc3F)cc12. The van der Waals surface area contributed by atoms with Crippen molar-refractivity contribution in [3.05, 3.63) is 48.3 Å². The van der Waals surface area contributed by atoms with Gasteiger partial charge in [0.2, 0.25) is 0 Å². The molecular formula is C21H25F2N5O2. The van der Waals surface area contributed by atoms with E-state index in [0.717, 1.165) is 6.20 Å². The van der Waals surface area contributed by atoms with E-state index in [9.17, 15) is 18.7 Å². The Labute approximate surface area is 173 Å². The molecule has 0 radical (unpaired) electrons. The molecule has 0 aliphatic rings. The Morgan fingerprint density at radius 3 is 2.70 bits per heavy atom. The van der Waals surface area contributed by atoms with Gasteiger partial charge < -0.3 is 15.7 Å². The molecule has 0 saturated heterocycles. The van der Waals surface area contributed by atoms with Crippen molar-refractivity contribution in [2.75, 3.05) is 11.9 Å². The molecule has 0 spiro atoms. The summed E-state index contributed by atoms with van der Waals surface area (Å²) in [6, 6.07) is 3.27. The molecule has 9 heteroatoms. The van der Waals surface area contributed by atoms with Gasteiger partial charge in [0.15, 0.2) is 0 Å². The minimum atomic E-state index is -1.63. The highest BCUT2D eigenvalue weighted by molar-refractivity contribution is 6.03. The maximum atomic E-state index is 14.2. The Hall–Kier alpha value is -3.07. The van der Waals surface area contributed by atoms with Crippen LogP contribution < -0.4 is 10.6 Å². The quantitative estimate of drug-likeness (QED) is 0.549. The molecule has 1 unspecified atom stereocenters. The highest BCUT2D eigenvalue weighted by atomic mass is 19.1. The zero-order valence-corrected chi connectivity index (χ0v) is 17.3. The number of alkyl halides is 1. The third-order valence-electron chi connectivity index (χ3n) is 4.61. The molecule has 3 aromatic rings. The summed E-state index contributed by atoms with van der Waals surface area (Å²) >= 11 is 0. The summed E-state index contributed by atoms with van der Waals surface area (Å²) in [5.41, 5.74) is 0.664. The number of carbonyl (C=O) groups is 1. The van der Waals surface area contributed by atoms with Crippen LogP contribution in [0.5, 0.6) is 0 Å². The zero-order valence-electron chi connectivity index (χ0n) is 17.3. The number of fused-ring (bicyclic) bond motifs is 1. The number of aliphatic hydroxyl groups is 1. The van der Waals surface area contributed by atoms with Crippen molar-refractivity contribution < 1.29 is 18.7 Å². The number of halogens is 2. The molecule has 1 amide bonds. The van der Waals surface area contributed by atoms with Gasteiger partial charge >= 0.3 is 0 Å².